The van der Waals surface area contributed by atoms with Gasteiger partial charge in [0.2, 0.25) is 5.95 Å². The van der Waals surface area contributed by atoms with Crippen LogP contribution in [0.5, 0.6) is 0 Å². The summed E-state index contributed by atoms with van der Waals surface area (Å²) in [6, 6.07) is 2.10. The molecule has 1 aromatic rings. The number of carboxylic acid groups (broad SMARTS) is 1. The van der Waals surface area contributed by atoms with Crippen LogP contribution in [0.15, 0.2) is 18.3 Å². The molecule has 0 bridgehead atoms. The van der Waals surface area contributed by atoms with Crippen LogP contribution < -0.4 is 0 Å². The fourth-order valence-electron chi connectivity index (χ4n) is 2.73. The number of rotatable bonds is 3. The molecule has 1 aromatic heterocycles. The molecule has 0 aliphatic carbocycles. The summed E-state index contributed by atoms with van der Waals surface area (Å²) in [7, 11) is 0. The second-order valence-corrected chi connectivity index (χ2v) is 6.78. The monoisotopic (exact) mass is 324 g/mol. The second kappa shape index (κ2) is 6.52. The summed E-state index contributed by atoms with van der Waals surface area (Å²) < 4.78 is 18.4. The van der Waals surface area contributed by atoms with E-state index in [0.29, 0.717) is 12.8 Å². The molecule has 2 atom stereocenters. The van der Waals surface area contributed by atoms with E-state index in [2.05, 4.69) is 4.98 Å². The molecule has 1 fully saturated rings. The maximum atomic E-state index is 13.1. The van der Waals surface area contributed by atoms with E-state index in [1.54, 1.807) is 26.8 Å². The second-order valence-electron chi connectivity index (χ2n) is 6.78. The van der Waals surface area contributed by atoms with E-state index in [-0.39, 0.29) is 12.5 Å². The number of hydrogen-bond donors (Lipinski definition) is 1. The van der Waals surface area contributed by atoms with Gasteiger partial charge in [-0.25, -0.2) is 14.6 Å². The van der Waals surface area contributed by atoms with Crippen molar-refractivity contribution in [1.82, 2.24) is 9.88 Å². The predicted molar refractivity (Wildman–Crippen MR) is 80.4 cm³/mol. The molecule has 0 radical (unpaired) electrons. The van der Waals surface area contributed by atoms with Gasteiger partial charge in [0.1, 0.15) is 11.6 Å². The van der Waals surface area contributed by atoms with Crippen LogP contribution in [-0.2, 0) is 16.0 Å². The number of aliphatic carboxylic acids is 1. The van der Waals surface area contributed by atoms with Crippen LogP contribution in [0.4, 0.5) is 9.18 Å². The molecule has 1 N–H and O–H groups in total. The topological polar surface area (TPSA) is 79.7 Å². The Morgan fingerprint density at radius 1 is 1.48 bits per heavy atom. The Balaban J connectivity index is 2.08. The van der Waals surface area contributed by atoms with Gasteiger partial charge in [-0.3, -0.25) is 4.90 Å². The van der Waals surface area contributed by atoms with Crippen LogP contribution in [0.2, 0.25) is 0 Å². The maximum absolute atomic E-state index is 13.1. The molecule has 23 heavy (non-hydrogen) atoms. The SMILES string of the molecule is CC(C)(C)OC(=O)N1C[C@@H](Cc2ccnc(F)c2)C[C@@H]1C(=O)O. The van der Waals surface area contributed by atoms with Crippen molar-refractivity contribution in [2.24, 2.45) is 5.92 Å². The highest BCUT2D eigenvalue weighted by molar-refractivity contribution is 5.81. The molecule has 1 aliphatic rings. The number of likely N-dealkylation sites (tertiary alicyclic amines) is 1. The van der Waals surface area contributed by atoms with Crippen molar-refractivity contribution in [3.8, 4) is 0 Å². The number of carboxylic acids is 1. The average molecular weight is 324 g/mol. The smallest absolute Gasteiger partial charge is 0.411 e. The first-order valence-electron chi connectivity index (χ1n) is 7.48. The standard InChI is InChI=1S/C16H21FN2O4/c1-16(2,3)23-15(22)19-9-11(7-12(19)14(20)21)6-10-4-5-18-13(17)8-10/h4-5,8,11-12H,6-7,9H2,1-3H3,(H,20,21)/t11-,12+/m0/s1. The van der Waals surface area contributed by atoms with E-state index in [1.807, 2.05) is 0 Å². The lowest BCUT2D eigenvalue weighted by atomic mass is 9.97. The third kappa shape index (κ3) is 4.64. The van der Waals surface area contributed by atoms with Crippen LogP contribution >= 0.6 is 0 Å². The van der Waals surface area contributed by atoms with Gasteiger partial charge in [0.25, 0.3) is 0 Å². The lowest BCUT2D eigenvalue weighted by Crippen LogP contribution is -2.43. The van der Waals surface area contributed by atoms with Crippen LogP contribution in [-0.4, -0.2) is 45.2 Å². The zero-order valence-corrected chi connectivity index (χ0v) is 13.5. The Kier molecular flexibility index (Phi) is 4.87. The Hall–Kier alpha value is -2.18. The molecule has 126 valence electrons. The van der Waals surface area contributed by atoms with Crippen molar-refractivity contribution < 1.29 is 23.8 Å². The molecule has 6 nitrogen and oxygen atoms in total. The normalized spacial score (nSPS) is 21.3. The lowest BCUT2D eigenvalue weighted by Gasteiger charge is -2.26. The van der Waals surface area contributed by atoms with Crippen molar-refractivity contribution >= 4 is 12.1 Å². The zero-order chi connectivity index (χ0) is 17.2. The molecule has 0 unspecified atom stereocenters. The molecule has 2 rings (SSSR count). The van der Waals surface area contributed by atoms with Gasteiger partial charge in [-0.2, -0.15) is 4.39 Å². The van der Waals surface area contributed by atoms with Crippen LogP contribution in [0.1, 0.15) is 32.8 Å². The number of ether oxygens (including phenoxy) is 1. The van der Waals surface area contributed by atoms with Crippen molar-refractivity contribution in [2.45, 2.75) is 45.3 Å². The summed E-state index contributed by atoms with van der Waals surface area (Å²) in [5, 5.41) is 9.34. The lowest BCUT2D eigenvalue weighted by molar-refractivity contribution is -0.142. The first-order chi connectivity index (χ1) is 10.7. The molecule has 0 spiro atoms. The number of carbonyl (C=O) groups is 2. The Labute approximate surface area is 134 Å². The predicted octanol–water partition coefficient (Wildman–Crippen LogP) is 2.47. The van der Waals surface area contributed by atoms with Gasteiger partial charge in [-0.1, -0.05) is 0 Å². The van der Waals surface area contributed by atoms with E-state index in [9.17, 15) is 19.1 Å². The molecular weight excluding hydrogens is 303 g/mol. The van der Waals surface area contributed by atoms with Crippen molar-refractivity contribution in [3.05, 3.63) is 29.8 Å². The summed E-state index contributed by atoms with van der Waals surface area (Å²) in [5.74, 6) is -1.69. The molecule has 1 aliphatic heterocycles. The minimum Gasteiger partial charge on any atom is -0.480 e. The van der Waals surface area contributed by atoms with Gasteiger partial charge >= 0.3 is 12.1 Å². The summed E-state index contributed by atoms with van der Waals surface area (Å²) in [4.78, 5) is 28.4. The zero-order valence-electron chi connectivity index (χ0n) is 13.5. The minimum absolute atomic E-state index is 0.0644. The fourth-order valence-corrected chi connectivity index (χ4v) is 2.73. The first kappa shape index (κ1) is 17.2. The van der Waals surface area contributed by atoms with Gasteiger partial charge in [0.05, 0.1) is 0 Å². The van der Waals surface area contributed by atoms with Gasteiger partial charge in [-0.05, 0) is 57.2 Å². The highest BCUT2D eigenvalue weighted by atomic mass is 19.1. The maximum Gasteiger partial charge on any atom is 0.411 e. The van der Waals surface area contributed by atoms with Crippen molar-refractivity contribution in [3.63, 3.8) is 0 Å². The molecule has 1 saturated heterocycles. The minimum atomic E-state index is -1.06. The summed E-state index contributed by atoms with van der Waals surface area (Å²) in [6.07, 6.45) is 1.55. The third-order valence-electron chi connectivity index (χ3n) is 3.62. The van der Waals surface area contributed by atoms with Crippen LogP contribution in [0.3, 0.4) is 0 Å². The van der Waals surface area contributed by atoms with E-state index in [0.717, 1.165) is 5.56 Å². The fraction of sp³-hybridized carbons (Fsp3) is 0.562. The number of hydrogen-bond acceptors (Lipinski definition) is 4. The highest BCUT2D eigenvalue weighted by Gasteiger charge is 2.41. The van der Waals surface area contributed by atoms with Crippen molar-refractivity contribution in [2.75, 3.05) is 6.54 Å². The number of halogens is 1. The quantitative estimate of drug-likeness (QED) is 0.864. The number of nitrogens with zero attached hydrogens (tertiary/aromatic N) is 2. The van der Waals surface area contributed by atoms with E-state index < -0.39 is 29.7 Å². The summed E-state index contributed by atoms with van der Waals surface area (Å²) in [6.45, 7) is 5.46. The Morgan fingerprint density at radius 2 is 2.17 bits per heavy atom. The van der Waals surface area contributed by atoms with Crippen molar-refractivity contribution in [1.29, 1.82) is 0 Å². The van der Waals surface area contributed by atoms with Crippen LogP contribution in [0, 0.1) is 11.9 Å². The Bertz CT molecular complexity index is 600. The molecule has 7 heteroatoms. The average Bonchev–Trinajstić information content (AvgIpc) is 2.81. The molecule has 0 aromatic carbocycles. The summed E-state index contributed by atoms with van der Waals surface area (Å²) >= 11 is 0. The van der Waals surface area contributed by atoms with E-state index in [1.165, 1.54) is 17.2 Å². The molecule has 1 amide bonds. The van der Waals surface area contributed by atoms with Gasteiger partial charge in [0.15, 0.2) is 0 Å². The van der Waals surface area contributed by atoms with Gasteiger partial charge in [-0.15, -0.1) is 0 Å². The number of pyridine rings is 1. The Morgan fingerprint density at radius 3 is 2.74 bits per heavy atom. The third-order valence-corrected chi connectivity index (χ3v) is 3.62. The van der Waals surface area contributed by atoms with E-state index >= 15 is 0 Å². The summed E-state index contributed by atoms with van der Waals surface area (Å²) in [5.41, 5.74) is 0.0459. The van der Waals surface area contributed by atoms with Gasteiger partial charge < -0.3 is 9.84 Å². The van der Waals surface area contributed by atoms with Crippen LogP contribution in [0.25, 0.3) is 0 Å². The molecule has 0 saturated carbocycles. The molecule has 2 heterocycles. The number of carbonyl (C=O) groups excluding carboxylic acids is 1. The highest BCUT2D eigenvalue weighted by Crippen LogP contribution is 2.28. The van der Waals surface area contributed by atoms with E-state index in [4.69, 9.17) is 4.74 Å². The first-order valence-corrected chi connectivity index (χ1v) is 7.48. The van der Waals surface area contributed by atoms with Gasteiger partial charge in [0, 0.05) is 12.7 Å². The largest absolute Gasteiger partial charge is 0.480 e. The number of aromatic nitrogens is 1. The number of amides is 1. The molecular formula is C16H21FN2O4.